The molecule has 0 unspecified atom stereocenters. The molecule has 2 heterocycles. The molecule has 0 saturated heterocycles. The van der Waals surface area contributed by atoms with Gasteiger partial charge in [0, 0.05) is 5.92 Å². The molecule has 4 rings (SSSR count). The van der Waals surface area contributed by atoms with Crippen LogP contribution in [0.1, 0.15) is 49.0 Å². The smallest absolute Gasteiger partial charge is 0.232 e. The Balaban J connectivity index is 1.85. The molecule has 138 valence electrons. The van der Waals surface area contributed by atoms with Crippen LogP contribution in [0.4, 0.5) is 5.95 Å². The van der Waals surface area contributed by atoms with E-state index in [1.807, 2.05) is 41.6 Å². The second kappa shape index (κ2) is 6.99. The summed E-state index contributed by atoms with van der Waals surface area (Å²) in [5.41, 5.74) is 3.52. The SMILES string of the molecule is Cc1ccc([C@H]2C[C@@H](c3ccccc3)n3ncnc3N2C(=O)C(C)C)cc1. The number of rotatable bonds is 3. The van der Waals surface area contributed by atoms with Crippen LogP contribution in [0.5, 0.6) is 0 Å². The molecule has 0 N–H and O–H groups in total. The highest BCUT2D eigenvalue weighted by atomic mass is 16.2. The summed E-state index contributed by atoms with van der Waals surface area (Å²) in [5, 5.41) is 4.46. The van der Waals surface area contributed by atoms with E-state index in [1.54, 1.807) is 6.33 Å². The standard InChI is InChI=1S/C22H24N4O/c1-15(2)21(27)25-19(18-11-9-16(3)10-12-18)13-20(17-7-5-4-6-8-17)26-22(25)23-14-24-26/h4-12,14-15,19-20H,13H2,1-3H3/t19-,20+/m1/s1. The fourth-order valence-electron chi connectivity index (χ4n) is 3.75. The van der Waals surface area contributed by atoms with Crippen molar-refractivity contribution in [2.24, 2.45) is 5.92 Å². The number of aryl methyl sites for hydroxylation is 1. The molecule has 2 atom stereocenters. The van der Waals surface area contributed by atoms with Crippen molar-refractivity contribution in [3.63, 3.8) is 0 Å². The first-order valence-electron chi connectivity index (χ1n) is 9.40. The highest BCUT2D eigenvalue weighted by molar-refractivity contribution is 5.94. The number of carbonyl (C=O) groups is 1. The Hall–Kier alpha value is -2.95. The number of hydrogen-bond donors (Lipinski definition) is 0. The van der Waals surface area contributed by atoms with Crippen LogP contribution in [0.2, 0.25) is 0 Å². The summed E-state index contributed by atoms with van der Waals surface area (Å²) in [6.45, 7) is 5.93. The van der Waals surface area contributed by atoms with Crippen molar-refractivity contribution in [3.8, 4) is 0 Å². The van der Waals surface area contributed by atoms with Crippen LogP contribution in [-0.2, 0) is 4.79 Å². The predicted molar refractivity (Wildman–Crippen MR) is 105 cm³/mol. The summed E-state index contributed by atoms with van der Waals surface area (Å²) in [7, 11) is 0. The van der Waals surface area contributed by atoms with Gasteiger partial charge in [-0.3, -0.25) is 9.69 Å². The molecule has 0 fully saturated rings. The van der Waals surface area contributed by atoms with E-state index in [1.165, 1.54) is 11.1 Å². The quantitative estimate of drug-likeness (QED) is 0.699. The van der Waals surface area contributed by atoms with Gasteiger partial charge in [0.25, 0.3) is 0 Å². The largest absolute Gasteiger partial charge is 0.274 e. The molecule has 1 aliphatic rings. The predicted octanol–water partition coefficient (Wildman–Crippen LogP) is 4.31. The zero-order chi connectivity index (χ0) is 19.0. The minimum atomic E-state index is -0.114. The normalized spacial score (nSPS) is 19.2. The van der Waals surface area contributed by atoms with Gasteiger partial charge in [0.05, 0.1) is 12.1 Å². The van der Waals surface area contributed by atoms with Gasteiger partial charge in [0.2, 0.25) is 11.9 Å². The highest BCUT2D eigenvalue weighted by Crippen LogP contribution is 2.42. The van der Waals surface area contributed by atoms with Crippen molar-refractivity contribution in [1.82, 2.24) is 14.8 Å². The first-order chi connectivity index (χ1) is 13.1. The summed E-state index contributed by atoms with van der Waals surface area (Å²) < 4.78 is 1.89. The van der Waals surface area contributed by atoms with E-state index in [0.717, 1.165) is 12.0 Å². The topological polar surface area (TPSA) is 51.0 Å². The Labute approximate surface area is 159 Å². The van der Waals surface area contributed by atoms with Crippen LogP contribution in [0, 0.1) is 12.8 Å². The van der Waals surface area contributed by atoms with E-state index in [9.17, 15) is 4.79 Å². The second-order valence-electron chi connectivity index (χ2n) is 7.46. The van der Waals surface area contributed by atoms with Crippen molar-refractivity contribution < 1.29 is 4.79 Å². The number of fused-ring (bicyclic) bond motifs is 1. The lowest BCUT2D eigenvalue weighted by atomic mass is 9.91. The molecule has 2 aromatic carbocycles. The van der Waals surface area contributed by atoms with Gasteiger partial charge < -0.3 is 0 Å². The Morgan fingerprint density at radius 3 is 2.33 bits per heavy atom. The van der Waals surface area contributed by atoms with Crippen LogP contribution < -0.4 is 4.90 Å². The number of amides is 1. The Morgan fingerprint density at radius 1 is 1.00 bits per heavy atom. The number of benzene rings is 2. The molecule has 0 saturated carbocycles. The summed E-state index contributed by atoms with van der Waals surface area (Å²) in [4.78, 5) is 19.4. The fourth-order valence-corrected chi connectivity index (χ4v) is 3.75. The van der Waals surface area contributed by atoms with E-state index >= 15 is 0 Å². The number of nitrogens with zero attached hydrogens (tertiary/aromatic N) is 4. The summed E-state index contributed by atoms with van der Waals surface area (Å²) in [6.07, 6.45) is 2.31. The number of anilines is 1. The molecule has 0 radical (unpaired) electrons. The van der Waals surface area contributed by atoms with Crippen molar-refractivity contribution in [1.29, 1.82) is 0 Å². The third kappa shape index (κ3) is 3.14. The maximum Gasteiger partial charge on any atom is 0.232 e. The van der Waals surface area contributed by atoms with Crippen molar-refractivity contribution in [2.45, 2.75) is 39.3 Å². The average Bonchev–Trinajstić information content (AvgIpc) is 3.17. The van der Waals surface area contributed by atoms with Gasteiger partial charge in [-0.15, -0.1) is 0 Å². The Kier molecular flexibility index (Phi) is 4.52. The van der Waals surface area contributed by atoms with Gasteiger partial charge in [0.1, 0.15) is 6.33 Å². The molecule has 1 aliphatic heterocycles. The molecule has 0 aliphatic carbocycles. The second-order valence-corrected chi connectivity index (χ2v) is 7.46. The summed E-state index contributed by atoms with van der Waals surface area (Å²) in [6, 6.07) is 18.7. The minimum absolute atomic E-state index is 0.0474. The van der Waals surface area contributed by atoms with E-state index in [-0.39, 0.29) is 23.9 Å². The lowest BCUT2D eigenvalue weighted by Gasteiger charge is -2.40. The summed E-state index contributed by atoms with van der Waals surface area (Å²) in [5.74, 6) is 0.581. The third-order valence-electron chi connectivity index (χ3n) is 5.20. The van der Waals surface area contributed by atoms with Gasteiger partial charge in [0.15, 0.2) is 0 Å². The van der Waals surface area contributed by atoms with Gasteiger partial charge in [-0.25, -0.2) is 4.68 Å². The number of aromatic nitrogens is 3. The van der Waals surface area contributed by atoms with E-state index < -0.39 is 0 Å². The zero-order valence-corrected chi connectivity index (χ0v) is 15.9. The van der Waals surface area contributed by atoms with Gasteiger partial charge in [-0.05, 0) is 24.5 Å². The molecule has 5 heteroatoms. The van der Waals surface area contributed by atoms with Crippen molar-refractivity contribution in [3.05, 3.63) is 77.6 Å². The molecule has 1 amide bonds. The Bertz CT molecular complexity index is 930. The molecule has 1 aromatic heterocycles. The third-order valence-corrected chi connectivity index (χ3v) is 5.20. The van der Waals surface area contributed by atoms with E-state index in [4.69, 9.17) is 0 Å². The van der Waals surface area contributed by atoms with Crippen LogP contribution in [0.15, 0.2) is 60.9 Å². The monoisotopic (exact) mass is 360 g/mol. The highest BCUT2D eigenvalue weighted by Gasteiger charge is 2.39. The van der Waals surface area contributed by atoms with Crippen LogP contribution >= 0.6 is 0 Å². The molecule has 3 aromatic rings. The molecule has 5 nitrogen and oxygen atoms in total. The van der Waals surface area contributed by atoms with Gasteiger partial charge >= 0.3 is 0 Å². The number of hydrogen-bond acceptors (Lipinski definition) is 3. The maximum absolute atomic E-state index is 13.1. The number of carbonyl (C=O) groups excluding carboxylic acids is 1. The van der Waals surface area contributed by atoms with Crippen molar-refractivity contribution >= 4 is 11.9 Å². The molecular formula is C22H24N4O. The lowest BCUT2D eigenvalue weighted by Crippen LogP contribution is -2.44. The minimum Gasteiger partial charge on any atom is -0.274 e. The van der Waals surface area contributed by atoms with Gasteiger partial charge in [-0.1, -0.05) is 74.0 Å². The van der Waals surface area contributed by atoms with Crippen LogP contribution in [0.3, 0.4) is 0 Å². The first-order valence-corrected chi connectivity index (χ1v) is 9.40. The maximum atomic E-state index is 13.1. The van der Waals surface area contributed by atoms with Gasteiger partial charge in [-0.2, -0.15) is 10.1 Å². The zero-order valence-electron chi connectivity index (χ0n) is 15.9. The van der Waals surface area contributed by atoms with Crippen LogP contribution in [-0.4, -0.2) is 20.7 Å². The molecule has 0 spiro atoms. The van der Waals surface area contributed by atoms with E-state index in [0.29, 0.717) is 5.95 Å². The summed E-state index contributed by atoms with van der Waals surface area (Å²) >= 11 is 0. The average molecular weight is 360 g/mol. The Morgan fingerprint density at radius 2 is 1.67 bits per heavy atom. The fraction of sp³-hybridized carbons (Fsp3) is 0.318. The molecular weight excluding hydrogens is 336 g/mol. The van der Waals surface area contributed by atoms with Crippen molar-refractivity contribution in [2.75, 3.05) is 4.90 Å². The lowest BCUT2D eigenvalue weighted by molar-refractivity contribution is -0.122. The van der Waals surface area contributed by atoms with E-state index in [2.05, 4.69) is 53.4 Å². The van der Waals surface area contributed by atoms with Crippen LogP contribution in [0.25, 0.3) is 0 Å². The molecule has 0 bridgehead atoms. The molecule has 27 heavy (non-hydrogen) atoms. The first kappa shape index (κ1) is 17.5.